The van der Waals surface area contributed by atoms with Gasteiger partial charge in [-0.2, -0.15) is 4.98 Å². The number of likely N-dealkylation sites (N-methyl/N-ethyl adjacent to an activating group) is 1. The van der Waals surface area contributed by atoms with Crippen LogP contribution in [0.4, 0.5) is 11.4 Å². The summed E-state index contributed by atoms with van der Waals surface area (Å²) in [4.78, 5) is 21.2. The first-order valence-electron chi connectivity index (χ1n) is 9.31. The highest BCUT2D eigenvalue weighted by atomic mass is 35.5. The summed E-state index contributed by atoms with van der Waals surface area (Å²) in [5.74, 6) is 1.19. The van der Waals surface area contributed by atoms with Crippen molar-refractivity contribution in [2.75, 3.05) is 29.9 Å². The van der Waals surface area contributed by atoms with Gasteiger partial charge in [0.25, 0.3) is 0 Å². The minimum Gasteiger partial charge on any atom is -0.371 e. The second-order valence-electron chi connectivity index (χ2n) is 6.83. The molecule has 1 aromatic heterocycles. The van der Waals surface area contributed by atoms with E-state index >= 15 is 0 Å². The Balaban J connectivity index is 1.35. The van der Waals surface area contributed by atoms with Crippen molar-refractivity contribution in [1.29, 1.82) is 0 Å². The summed E-state index contributed by atoms with van der Waals surface area (Å²) in [6.45, 7) is 1.53. The van der Waals surface area contributed by atoms with Gasteiger partial charge in [0.05, 0.1) is 11.4 Å². The fourth-order valence-corrected chi connectivity index (χ4v) is 3.49. The van der Waals surface area contributed by atoms with E-state index in [-0.39, 0.29) is 5.91 Å². The molecular formula is C21H21ClN4O2. The van der Waals surface area contributed by atoms with Gasteiger partial charge >= 0.3 is 0 Å². The standard InChI is InChI=1S/C21H21ClN4O2/c1-25-13-14-26(18-6-3-2-5-17(18)25)20(27)8-4-7-19-23-21(24-28-19)15-9-11-16(22)12-10-15/h2-3,5-6,9-12H,4,7-8,13-14H2,1H3. The molecular weight excluding hydrogens is 376 g/mol. The molecule has 1 aliphatic heterocycles. The highest BCUT2D eigenvalue weighted by Crippen LogP contribution is 2.32. The van der Waals surface area contributed by atoms with E-state index in [2.05, 4.69) is 22.1 Å². The molecule has 4 rings (SSSR count). The van der Waals surface area contributed by atoms with E-state index in [1.54, 1.807) is 12.1 Å². The number of carbonyl (C=O) groups excluding carboxylic acids is 1. The molecule has 0 aliphatic carbocycles. The van der Waals surface area contributed by atoms with E-state index in [0.29, 0.717) is 42.5 Å². The number of rotatable bonds is 5. The molecule has 1 aliphatic rings. The third-order valence-electron chi connectivity index (χ3n) is 4.90. The molecule has 0 saturated carbocycles. The summed E-state index contributed by atoms with van der Waals surface area (Å²) < 4.78 is 5.32. The van der Waals surface area contributed by atoms with Gasteiger partial charge in [-0.1, -0.05) is 28.9 Å². The maximum Gasteiger partial charge on any atom is 0.227 e. The molecule has 0 fully saturated rings. The summed E-state index contributed by atoms with van der Waals surface area (Å²) in [5.41, 5.74) is 2.92. The number of para-hydroxylation sites is 2. The number of fused-ring (bicyclic) bond motifs is 1. The van der Waals surface area contributed by atoms with Crippen LogP contribution in [0, 0.1) is 0 Å². The normalized spacial score (nSPS) is 13.5. The van der Waals surface area contributed by atoms with Gasteiger partial charge in [-0.3, -0.25) is 4.79 Å². The summed E-state index contributed by atoms with van der Waals surface area (Å²) in [6.07, 6.45) is 1.67. The molecule has 2 aromatic carbocycles. The van der Waals surface area contributed by atoms with Crippen molar-refractivity contribution in [2.45, 2.75) is 19.3 Å². The number of hydrogen-bond acceptors (Lipinski definition) is 5. The van der Waals surface area contributed by atoms with Crippen LogP contribution in [-0.2, 0) is 11.2 Å². The van der Waals surface area contributed by atoms with Crippen molar-refractivity contribution in [3.63, 3.8) is 0 Å². The van der Waals surface area contributed by atoms with Crippen LogP contribution in [-0.4, -0.2) is 36.2 Å². The third kappa shape index (κ3) is 3.87. The number of halogens is 1. The molecule has 28 heavy (non-hydrogen) atoms. The molecule has 2 heterocycles. The van der Waals surface area contributed by atoms with Crippen LogP contribution in [0.25, 0.3) is 11.4 Å². The first kappa shape index (κ1) is 18.5. The Bertz CT molecular complexity index is 971. The van der Waals surface area contributed by atoms with Crippen LogP contribution in [0.2, 0.25) is 5.02 Å². The number of hydrogen-bond donors (Lipinski definition) is 0. The molecule has 6 nitrogen and oxygen atoms in total. The van der Waals surface area contributed by atoms with Crippen molar-refractivity contribution in [1.82, 2.24) is 10.1 Å². The molecule has 0 saturated heterocycles. The maximum atomic E-state index is 12.7. The number of amides is 1. The second-order valence-corrected chi connectivity index (χ2v) is 7.26. The van der Waals surface area contributed by atoms with Gasteiger partial charge in [0.2, 0.25) is 17.6 Å². The molecule has 0 unspecified atom stereocenters. The van der Waals surface area contributed by atoms with Gasteiger partial charge in [0, 0.05) is 43.6 Å². The lowest BCUT2D eigenvalue weighted by Crippen LogP contribution is -2.42. The number of carbonyl (C=O) groups is 1. The highest BCUT2D eigenvalue weighted by Gasteiger charge is 2.24. The zero-order valence-electron chi connectivity index (χ0n) is 15.6. The quantitative estimate of drug-likeness (QED) is 0.646. The average Bonchev–Trinajstić information content (AvgIpc) is 3.18. The predicted molar refractivity (Wildman–Crippen MR) is 110 cm³/mol. The van der Waals surface area contributed by atoms with Crippen LogP contribution in [0.3, 0.4) is 0 Å². The monoisotopic (exact) mass is 396 g/mol. The van der Waals surface area contributed by atoms with Crippen LogP contribution in [0.5, 0.6) is 0 Å². The molecule has 7 heteroatoms. The lowest BCUT2D eigenvalue weighted by atomic mass is 10.1. The van der Waals surface area contributed by atoms with E-state index in [1.807, 2.05) is 41.3 Å². The van der Waals surface area contributed by atoms with Crippen molar-refractivity contribution in [3.8, 4) is 11.4 Å². The summed E-state index contributed by atoms with van der Waals surface area (Å²) in [5, 5.41) is 4.68. The van der Waals surface area contributed by atoms with Crippen LogP contribution in [0.15, 0.2) is 53.1 Å². The number of nitrogens with zero attached hydrogens (tertiary/aromatic N) is 4. The van der Waals surface area contributed by atoms with E-state index in [9.17, 15) is 4.79 Å². The molecule has 3 aromatic rings. The first-order chi connectivity index (χ1) is 13.6. The Kier molecular flexibility index (Phi) is 5.30. The fourth-order valence-electron chi connectivity index (χ4n) is 3.36. The van der Waals surface area contributed by atoms with E-state index in [4.69, 9.17) is 16.1 Å². The minimum absolute atomic E-state index is 0.123. The summed E-state index contributed by atoms with van der Waals surface area (Å²) >= 11 is 5.90. The Morgan fingerprint density at radius 1 is 1.11 bits per heavy atom. The lowest BCUT2D eigenvalue weighted by molar-refractivity contribution is -0.118. The molecule has 0 bridgehead atoms. The smallest absolute Gasteiger partial charge is 0.227 e. The Labute approximate surface area is 168 Å². The fraction of sp³-hybridized carbons (Fsp3) is 0.286. The van der Waals surface area contributed by atoms with Gasteiger partial charge in [-0.15, -0.1) is 0 Å². The van der Waals surface area contributed by atoms with Crippen molar-refractivity contribution < 1.29 is 9.32 Å². The molecule has 0 N–H and O–H groups in total. The molecule has 0 radical (unpaired) electrons. The van der Waals surface area contributed by atoms with Gasteiger partial charge in [-0.05, 0) is 42.8 Å². The topological polar surface area (TPSA) is 62.5 Å². The highest BCUT2D eigenvalue weighted by molar-refractivity contribution is 6.30. The molecule has 0 atom stereocenters. The summed E-state index contributed by atoms with van der Waals surface area (Å²) in [6, 6.07) is 15.3. The largest absolute Gasteiger partial charge is 0.371 e. The van der Waals surface area contributed by atoms with Crippen molar-refractivity contribution in [2.24, 2.45) is 0 Å². The van der Waals surface area contributed by atoms with Gasteiger partial charge in [0.15, 0.2) is 0 Å². The van der Waals surface area contributed by atoms with Gasteiger partial charge < -0.3 is 14.3 Å². The van der Waals surface area contributed by atoms with E-state index in [0.717, 1.165) is 23.5 Å². The summed E-state index contributed by atoms with van der Waals surface area (Å²) in [7, 11) is 2.05. The van der Waals surface area contributed by atoms with E-state index < -0.39 is 0 Å². The van der Waals surface area contributed by atoms with Gasteiger partial charge in [-0.25, -0.2) is 0 Å². The number of anilines is 2. The second kappa shape index (κ2) is 8.02. The number of benzene rings is 2. The zero-order valence-corrected chi connectivity index (χ0v) is 16.4. The Hall–Kier alpha value is -2.86. The third-order valence-corrected chi connectivity index (χ3v) is 5.15. The SMILES string of the molecule is CN1CCN(C(=O)CCCc2nc(-c3ccc(Cl)cc3)no2)c2ccccc21. The average molecular weight is 397 g/mol. The molecule has 0 spiro atoms. The van der Waals surface area contributed by atoms with Crippen LogP contribution < -0.4 is 9.80 Å². The van der Waals surface area contributed by atoms with Gasteiger partial charge in [0.1, 0.15) is 0 Å². The predicted octanol–water partition coefficient (Wildman–Crippen LogP) is 4.20. The zero-order chi connectivity index (χ0) is 19.5. The lowest BCUT2D eigenvalue weighted by Gasteiger charge is -2.35. The Morgan fingerprint density at radius 3 is 2.64 bits per heavy atom. The molecule has 144 valence electrons. The Morgan fingerprint density at radius 2 is 1.86 bits per heavy atom. The number of aromatic nitrogens is 2. The first-order valence-corrected chi connectivity index (χ1v) is 9.68. The van der Waals surface area contributed by atoms with Crippen molar-refractivity contribution >= 4 is 28.9 Å². The number of aryl methyl sites for hydroxylation is 1. The van der Waals surface area contributed by atoms with Crippen LogP contribution in [0.1, 0.15) is 18.7 Å². The maximum absolute atomic E-state index is 12.7. The van der Waals surface area contributed by atoms with Crippen LogP contribution >= 0.6 is 11.6 Å². The van der Waals surface area contributed by atoms with E-state index in [1.165, 1.54) is 0 Å². The molecule has 1 amide bonds. The minimum atomic E-state index is 0.123. The van der Waals surface area contributed by atoms with Crippen molar-refractivity contribution in [3.05, 3.63) is 59.4 Å².